The maximum Gasteiger partial charge on any atom is 0.306 e. The van der Waals surface area contributed by atoms with Crippen LogP contribution in [0, 0.1) is 0 Å². The second-order valence-corrected chi connectivity index (χ2v) is 5.19. The minimum atomic E-state index is -0.833. The Morgan fingerprint density at radius 2 is 1.43 bits per heavy atom. The number of carboxylic acids is 1. The van der Waals surface area contributed by atoms with Crippen molar-refractivity contribution in [3.05, 3.63) is 0 Å². The molecule has 2 unspecified atom stereocenters. The summed E-state index contributed by atoms with van der Waals surface area (Å²) in [5, 5.41) is 32.3. The van der Waals surface area contributed by atoms with Gasteiger partial charge in [0.15, 0.2) is 0 Å². The number of aliphatic hydroxyl groups is 3. The molecule has 12 nitrogen and oxygen atoms in total. The van der Waals surface area contributed by atoms with Crippen LogP contribution in [0.25, 0.3) is 0 Å². The molecule has 0 aliphatic carbocycles. The number of carbonyl (C=O) groups is 4. The summed E-state index contributed by atoms with van der Waals surface area (Å²) in [7, 11) is 0. The summed E-state index contributed by atoms with van der Waals surface area (Å²) >= 11 is 0. The molecule has 0 radical (unpaired) electrons. The molecule has 0 rings (SSSR count). The average molecular weight is 414 g/mol. The molecule has 0 aliphatic rings. The van der Waals surface area contributed by atoms with E-state index in [1.54, 1.807) is 0 Å². The van der Waals surface area contributed by atoms with Gasteiger partial charge in [-0.15, -0.1) is 0 Å². The molecule has 0 saturated heterocycles. The third kappa shape index (κ3) is 56.5. The summed E-state index contributed by atoms with van der Waals surface area (Å²) in [6.45, 7) is 5.00. The Bertz CT molecular complexity index is 396. The van der Waals surface area contributed by atoms with Crippen molar-refractivity contribution in [3.8, 4) is 0 Å². The lowest BCUT2D eigenvalue weighted by atomic mass is 10.3. The third-order valence-corrected chi connectivity index (χ3v) is 1.77. The molecule has 28 heavy (non-hydrogen) atoms. The van der Waals surface area contributed by atoms with Crippen LogP contribution in [0.1, 0.15) is 40.5 Å². The van der Waals surface area contributed by atoms with E-state index < -0.39 is 24.1 Å². The van der Waals surface area contributed by atoms with Crippen LogP contribution in [-0.2, 0) is 28.7 Å². The van der Waals surface area contributed by atoms with Gasteiger partial charge in [-0.25, -0.2) is 0 Å². The van der Waals surface area contributed by atoms with Crippen molar-refractivity contribution < 1.29 is 49.1 Å². The van der Waals surface area contributed by atoms with Crippen LogP contribution in [0.4, 0.5) is 0 Å². The number of carbonyl (C=O) groups excluding carboxylic acids is 3. The Morgan fingerprint density at radius 1 is 1.04 bits per heavy atom. The summed E-state index contributed by atoms with van der Waals surface area (Å²) < 4.78 is 9.67. The number of rotatable bonds is 9. The first-order valence-corrected chi connectivity index (χ1v) is 8.24. The van der Waals surface area contributed by atoms with Crippen molar-refractivity contribution in [2.75, 3.05) is 26.4 Å². The average Bonchev–Trinajstić information content (AvgIpc) is 2.53. The molecule has 0 aromatic rings. The Labute approximate surface area is 164 Å². The molecule has 0 fully saturated rings. The summed E-state index contributed by atoms with van der Waals surface area (Å²) in [4.78, 5) is 39.6. The first kappa shape index (κ1) is 33.3. The first-order chi connectivity index (χ1) is 12.8. The van der Waals surface area contributed by atoms with E-state index in [-0.39, 0.29) is 38.3 Å². The Morgan fingerprint density at radius 3 is 1.68 bits per heavy atom. The predicted molar refractivity (Wildman–Crippen MR) is 98.8 cm³/mol. The van der Waals surface area contributed by atoms with Gasteiger partial charge in [-0.1, -0.05) is 6.92 Å². The lowest BCUT2D eigenvalue weighted by molar-refractivity contribution is -0.155. The van der Waals surface area contributed by atoms with Crippen molar-refractivity contribution in [3.63, 3.8) is 0 Å². The number of esters is 1. The number of hydrogen-bond donors (Lipinski definition) is 6. The highest BCUT2D eigenvalue weighted by atomic mass is 16.6. The van der Waals surface area contributed by atoms with E-state index in [1.807, 2.05) is 6.92 Å². The van der Waals surface area contributed by atoms with Crippen molar-refractivity contribution in [2.24, 2.45) is 11.5 Å². The first-order valence-electron chi connectivity index (χ1n) is 8.24. The van der Waals surface area contributed by atoms with E-state index in [0.29, 0.717) is 12.8 Å². The Kier molecular flexibility index (Phi) is 29.4. The van der Waals surface area contributed by atoms with Gasteiger partial charge in [0.05, 0.1) is 25.9 Å². The number of aliphatic hydroxyl groups excluding tert-OH is 3. The lowest BCUT2D eigenvalue weighted by Crippen LogP contribution is -2.29. The monoisotopic (exact) mass is 414 g/mol. The molecule has 12 heteroatoms. The highest BCUT2D eigenvalue weighted by Crippen LogP contribution is 1.98. The van der Waals surface area contributed by atoms with Gasteiger partial charge in [0.2, 0.25) is 11.8 Å². The fraction of sp³-hybridized carbons (Fsp3) is 0.750. The van der Waals surface area contributed by atoms with Gasteiger partial charge in [-0.2, -0.15) is 0 Å². The van der Waals surface area contributed by atoms with E-state index >= 15 is 0 Å². The number of ether oxygens (including phenoxy) is 2. The van der Waals surface area contributed by atoms with E-state index in [9.17, 15) is 14.4 Å². The maximum atomic E-state index is 11.0. The molecule has 2 amide bonds. The molecule has 8 N–H and O–H groups in total. The zero-order valence-corrected chi connectivity index (χ0v) is 16.8. The molecular formula is C16H34N2O10. The molecule has 2 atom stereocenters. The van der Waals surface area contributed by atoms with Gasteiger partial charge in [-0.05, 0) is 13.3 Å². The summed E-state index contributed by atoms with van der Waals surface area (Å²) in [5.41, 5.74) is 9.31. The van der Waals surface area contributed by atoms with Crippen LogP contribution in [0.5, 0.6) is 0 Å². The predicted octanol–water partition coefficient (Wildman–Crippen LogP) is -1.87. The van der Waals surface area contributed by atoms with Gasteiger partial charge in [0, 0.05) is 20.3 Å². The molecular weight excluding hydrogens is 380 g/mol. The molecule has 0 saturated carbocycles. The highest BCUT2D eigenvalue weighted by molar-refractivity contribution is 5.75. The normalized spacial score (nSPS) is 11.0. The van der Waals surface area contributed by atoms with E-state index in [4.69, 9.17) is 40.4 Å². The van der Waals surface area contributed by atoms with Crippen LogP contribution >= 0.6 is 0 Å². The highest BCUT2D eigenvalue weighted by Gasteiger charge is 2.13. The lowest BCUT2D eigenvalue weighted by Gasteiger charge is -2.14. The van der Waals surface area contributed by atoms with E-state index in [0.717, 1.165) is 6.92 Å². The topological polar surface area (TPSA) is 220 Å². The molecule has 0 aliphatic heterocycles. The number of carboxylic acid groups (broad SMARTS) is 1. The molecule has 0 aromatic carbocycles. The van der Waals surface area contributed by atoms with E-state index in [2.05, 4.69) is 5.73 Å². The number of hydrogen-bond acceptors (Lipinski definition) is 9. The number of aliphatic carboxylic acids is 1. The van der Waals surface area contributed by atoms with Crippen molar-refractivity contribution in [2.45, 2.75) is 52.7 Å². The maximum absolute atomic E-state index is 11.0. The van der Waals surface area contributed by atoms with Crippen LogP contribution in [0.15, 0.2) is 0 Å². The van der Waals surface area contributed by atoms with E-state index in [1.165, 1.54) is 13.8 Å². The minimum Gasteiger partial charge on any atom is -0.481 e. The van der Waals surface area contributed by atoms with Crippen LogP contribution < -0.4 is 11.5 Å². The zero-order chi connectivity index (χ0) is 23.1. The number of primary amides is 2. The van der Waals surface area contributed by atoms with Gasteiger partial charge in [0.1, 0.15) is 12.7 Å². The fourth-order valence-electron chi connectivity index (χ4n) is 0.864. The second-order valence-electron chi connectivity index (χ2n) is 5.19. The number of amides is 2. The van der Waals surface area contributed by atoms with Gasteiger partial charge in [0.25, 0.3) is 5.97 Å². The molecule has 0 aromatic heterocycles. The fourth-order valence-corrected chi connectivity index (χ4v) is 0.864. The van der Waals surface area contributed by atoms with Crippen molar-refractivity contribution in [1.82, 2.24) is 0 Å². The van der Waals surface area contributed by atoms with Crippen LogP contribution in [0.3, 0.4) is 0 Å². The SMILES string of the molecule is CC(=O)O.CC(N)=O.CC(O)CO.CCCC(=O)OC(CO)COCC(N)=O. The van der Waals surface area contributed by atoms with Gasteiger partial charge < -0.3 is 41.4 Å². The van der Waals surface area contributed by atoms with Crippen molar-refractivity contribution >= 4 is 23.8 Å². The summed E-state index contributed by atoms with van der Waals surface area (Å²) in [6.07, 6.45) is -0.316. The largest absolute Gasteiger partial charge is 0.481 e. The molecule has 168 valence electrons. The molecule has 0 heterocycles. The van der Waals surface area contributed by atoms with Crippen LogP contribution in [0.2, 0.25) is 0 Å². The smallest absolute Gasteiger partial charge is 0.306 e. The van der Waals surface area contributed by atoms with Crippen molar-refractivity contribution in [1.29, 1.82) is 0 Å². The molecule has 0 spiro atoms. The minimum absolute atomic E-state index is 0.0328. The van der Waals surface area contributed by atoms with Gasteiger partial charge >= 0.3 is 5.97 Å². The van der Waals surface area contributed by atoms with Gasteiger partial charge in [-0.3, -0.25) is 19.2 Å². The third-order valence-electron chi connectivity index (χ3n) is 1.77. The summed E-state index contributed by atoms with van der Waals surface area (Å²) in [5.74, 6) is -2.16. The Hall–Kier alpha value is -2.28. The number of nitrogens with two attached hydrogens (primary N) is 2. The quantitative estimate of drug-likeness (QED) is 0.231. The standard InChI is InChI=1S/C9H17NO5.C3H8O2.C2H5NO.C2H4O2/c1-2-3-9(13)15-7(4-11)5-14-6-8(10)12;1-3(5)2-4;2*1-2(3)4/h7,11H,2-6H2,1H3,(H2,10,12);3-5H,2H2,1H3;1H3,(H2,3,4);1H3,(H,3,4). The summed E-state index contributed by atoms with van der Waals surface area (Å²) in [6, 6.07) is 0. The zero-order valence-electron chi connectivity index (χ0n) is 16.8. The second kappa shape index (κ2) is 24.7. The Balaban J connectivity index is -0.000000180. The van der Waals surface area contributed by atoms with Crippen LogP contribution in [-0.4, -0.2) is 82.8 Å². The molecule has 0 bridgehead atoms.